The molecular formula is C7H12N2. The van der Waals surface area contributed by atoms with Crippen molar-refractivity contribution in [2.45, 2.75) is 19.4 Å². The van der Waals surface area contributed by atoms with Crippen LogP contribution in [0.2, 0.25) is 0 Å². The largest absolute Gasteiger partial charge is 0.291 e. The van der Waals surface area contributed by atoms with Crippen LogP contribution in [0.15, 0.2) is 0 Å². The monoisotopic (exact) mass is 124 g/mol. The van der Waals surface area contributed by atoms with Gasteiger partial charge in [0.1, 0.15) is 0 Å². The number of rotatable bonds is 0. The molecule has 2 nitrogen and oxygen atoms in total. The van der Waals surface area contributed by atoms with E-state index in [4.69, 9.17) is 5.26 Å². The molecule has 0 saturated carbocycles. The first-order valence-electron chi connectivity index (χ1n) is 3.34. The SMILES string of the molecule is CC1CC(C#N)N(C)C1. The van der Waals surface area contributed by atoms with Gasteiger partial charge >= 0.3 is 0 Å². The van der Waals surface area contributed by atoms with Gasteiger partial charge in [0.25, 0.3) is 0 Å². The molecule has 1 rings (SSSR count). The third-order valence-corrected chi connectivity index (χ3v) is 1.91. The second-order valence-electron chi connectivity index (χ2n) is 2.93. The maximum atomic E-state index is 8.56. The zero-order chi connectivity index (χ0) is 6.85. The molecule has 0 amide bonds. The van der Waals surface area contributed by atoms with Crippen LogP contribution in [-0.4, -0.2) is 24.5 Å². The van der Waals surface area contributed by atoms with Gasteiger partial charge in [0.2, 0.25) is 0 Å². The van der Waals surface area contributed by atoms with Crippen LogP contribution < -0.4 is 0 Å². The summed E-state index contributed by atoms with van der Waals surface area (Å²) in [4.78, 5) is 2.12. The van der Waals surface area contributed by atoms with Crippen molar-refractivity contribution in [1.82, 2.24) is 4.90 Å². The molecule has 2 heteroatoms. The molecule has 9 heavy (non-hydrogen) atoms. The van der Waals surface area contributed by atoms with Crippen molar-refractivity contribution in [3.05, 3.63) is 0 Å². The van der Waals surface area contributed by atoms with E-state index in [-0.39, 0.29) is 6.04 Å². The van der Waals surface area contributed by atoms with Crippen LogP contribution in [0.1, 0.15) is 13.3 Å². The van der Waals surface area contributed by atoms with E-state index in [2.05, 4.69) is 17.9 Å². The first kappa shape index (κ1) is 6.57. The van der Waals surface area contributed by atoms with Crippen LogP contribution in [0.3, 0.4) is 0 Å². The minimum Gasteiger partial charge on any atom is -0.291 e. The van der Waals surface area contributed by atoms with Crippen LogP contribution in [0, 0.1) is 17.2 Å². The minimum atomic E-state index is 0.181. The van der Waals surface area contributed by atoms with E-state index in [1.54, 1.807) is 0 Å². The lowest BCUT2D eigenvalue weighted by molar-refractivity contribution is 0.356. The van der Waals surface area contributed by atoms with Crippen LogP contribution >= 0.6 is 0 Å². The maximum Gasteiger partial charge on any atom is 0.0978 e. The molecule has 2 unspecified atom stereocenters. The van der Waals surface area contributed by atoms with E-state index >= 15 is 0 Å². The van der Waals surface area contributed by atoms with Gasteiger partial charge in [-0.1, -0.05) is 6.92 Å². The van der Waals surface area contributed by atoms with Gasteiger partial charge in [-0.05, 0) is 19.4 Å². The van der Waals surface area contributed by atoms with Crippen molar-refractivity contribution in [3.63, 3.8) is 0 Å². The molecule has 1 aliphatic rings. The molecular weight excluding hydrogens is 112 g/mol. The van der Waals surface area contributed by atoms with E-state index in [9.17, 15) is 0 Å². The maximum absolute atomic E-state index is 8.56. The molecule has 1 fully saturated rings. The Morgan fingerprint density at radius 3 is 2.56 bits per heavy atom. The first-order valence-corrected chi connectivity index (χ1v) is 3.34. The molecule has 0 bridgehead atoms. The number of hydrogen-bond donors (Lipinski definition) is 0. The number of hydrogen-bond acceptors (Lipinski definition) is 2. The Morgan fingerprint density at radius 1 is 1.67 bits per heavy atom. The molecule has 1 saturated heterocycles. The van der Waals surface area contributed by atoms with Crippen molar-refractivity contribution < 1.29 is 0 Å². The summed E-state index contributed by atoms with van der Waals surface area (Å²) in [5.74, 6) is 0.708. The fraction of sp³-hybridized carbons (Fsp3) is 0.857. The molecule has 0 aromatic carbocycles. The smallest absolute Gasteiger partial charge is 0.0978 e. The highest BCUT2D eigenvalue weighted by Gasteiger charge is 2.25. The average molecular weight is 124 g/mol. The molecule has 2 atom stereocenters. The standard InChI is InChI=1S/C7H12N2/c1-6-3-7(4-8)9(2)5-6/h6-7H,3,5H2,1-2H3. The lowest BCUT2D eigenvalue weighted by Crippen LogP contribution is -2.22. The molecule has 0 radical (unpaired) electrons. The van der Waals surface area contributed by atoms with Crippen LogP contribution in [0.5, 0.6) is 0 Å². The van der Waals surface area contributed by atoms with Crippen LogP contribution in [0.4, 0.5) is 0 Å². The molecule has 1 heterocycles. The topological polar surface area (TPSA) is 27.0 Å². The Balaban J connectivity index is 2.50. The lowest BCUT2D eigenvalue weighted by atomic mass is 10.1. The molecule has 1 aliphatic heterocycles. The number of likely N-dealkylation sites (tertiary alicyclic amines) is 1. The van der Waals surface area contributed by atoms with E-state index in [1.165, 1.54) is 0 Å². The van der Waals surface area contributed by atoms with Crippen LogP contribution in [-0.2, 0) is 0 Å². The normalized spacial score (nSPS) is 36.6. The fourth-order valence-corrected chi connectivity index (χ4v) is 1.41. The Morgan fingerprint density at radius 2 is 2.33 bits per heavy atom. The van der Waals surface area contributed by atoms with Crippen molar-refractivity contribution >= 4 is 0 Å². The molecule has 0 aliphatic carbocycles. The quantitative estimate of drug-likeness (QED) is 0.478. The van der Waals surface area contributed by atoms with E-state index in [0.717, 1.165) is 13.0 Å². The van der Waals surface area contributed by atoms with Crippen molar-refractivity contribution in [2.24, 2.45) is 5.92 Å². The Hall–Kier alpha value is -0.550. The van der Waals surface area contributed by atoms with Gasteiger partial charge < -0.3 is 0 Å². The number of nitriles is 1. The summed E-state index contributed by atoms with van der Waals surface area (Å²) < 4.78 is 0. The van der Waals surface area contributed by atoms with Gasteiger partial charge in [-0.2, -0.15) is 5.26 Å². The predicted octanol–water partition coefficient (Wildman–Crippen LogP) is 0.850. The third kappa shape index (κ3) is 1.22. The summed E-state index contributed by atoms with van der Waals surface area (Å²) in [7, 11) is 2.01. The summed E-state index contributed by atoms with van der Waals surface area (Å²) in [5, 5.41) is 8.56. The van der Waals surface area contributed by atoms with Crippen molar-refractivity contribution in [3.8, 4) is 6.07 Å². The summed E-state index contributed by atoms with van der Waals surface area (Å²) in [5.41, 5.74) is 0. The second-order valence-corrected chi connectivity index (χ2v) is 2.93. The molecule has 0 aromatic rings. The zero-order valence-corrected chi connectivity index (χ0v) is 5.96. The molecule has 0 aromatic heterocycles. The fourth-order valence-electron chi connectivity index (χ4n) is 1.41. The van der Waals surface area contributed by atoms with Gasteiger partial charge in [0.05, 0.1) is 12.1 Å². The summed E-state index contributed by atoms with van der Waals surface area (Å²) >= 11 is 0. The predicted molar refractivity (Wildman–Crippen MR) is 35.8 cm³/mol. The van der Waals surface area contributed by atoms with Gasteiger partial charge in [-0.3, -0.25) is 4.90 Å². The average Bonchev–Trinajstić information content (AvgIpc) is 2.10. The summed E-state index contributed by atoms with van der Waals surface area (Å²) in [6, 6.07) is 2.45. The summed E-state index contributed by atoms with van der Waals surface area (Å²) in [6.45, 7) is 3.27. The lowest BCUT2D eigenvalue weighted by Gasteiger charge is -2.09. The minimum absolute atomic E-state index is 0.181. The van der Waals surface area contributed by atoms with Gasteiger partial charge in [0.15, 0.2) is 0 Å². The van der Waals surface area contributed by atoms with Gasteiger partial charge in [0, 0.05) is 6.54 Å². The van der Waals surface area contributed by atoms with E-state index in [1.807, 2.05) is 7.05 Å². The molecule has 0 N–H and O–H groups in total. The van der Waals surface area contributed by atoms with Crippen molar-refractivity contribution in [2.75, 3.05) is 13.6 Å². The highest BCUT2D eigenvalue weighted by atomic mass is 15.1. The Kier molecular flexibility index (Phi) is 1.73. The first-order chi connectivity index (χ1) is 4.24. The highest BCUT2D eigenvalue weighted by Crippen LogP contribution is 2.19. The van der Waals surface area contributed by atoms with Crippen LogP contribution in [0.25, 0.3) is 0 Å². The second kappa shape index (κ2) is 2.36. The Bertz CT molecular complexity index is 136. The Labute approximate surface area is 56.1 Å². The third-order valence-electron chi connectivity index (χ3n) is 1.91. The van der Waals surface area contributed by atoms with E-state index < -0.39 is 0 Å². The molecule has 50 valence electrons. The zero-order valence-electron chi connectivity index (χ0n) is 5.96. The highest BCUT2D eigenvalue weighted by molar-refractivity contribution is 4.96. The van der Waals surface area contributed by atoms with Gasteiger partial charge in [-0.25, -0.2) is 0 Å². The number of nitrogens with zero attached hydrogens (tertiary/aromatic N) is 2. The van der Waals surface area contributed by atoms with Crippen molar-refractivity contribution in [1.29, 1.82) is 5.26 Å². The van der Waals surface area contributed by atoms with Gasteiger partial charge in [-0.15, -0.1) is 0 Å². The van der Waals surface area contributed by atoms with E-state index in [0.29, 0.717) is 5.92 Å². The summed E-state index contributed by atoms with van der Waals surface area (Å²) in [6.07, 6.45) is 1.05. The molecule has 0 spiro atoms.